The van der Waals surface area contributed by atoms with Crippen LogP contribution in [-0.2, 0) is 11.2 Å². The van der Waals surface area contributed by atoms with Crippen molar-refractivity contribution in [2.75, 3.05) is 13.2 Å². The standard InChI is InChI=1S/C16H24N2O2/c1-3-18-15-6-4-5-12-9-13(7-8-14(12)15)20-10-11(2)16(17)19/h7-9,11,15,18H,3-6,10H2,1-2H3,(H2,17,19). The van der Waals surface area contributed by atoms with Crippen LogP contribution in [0.4, 0.5) is 0 Å². The summed E-state index contributed by atoms with van der Waals surface area (Å²) in [4.78, 5) is 11.0. The van der Waals surface area contributed by atoms with E-state index in [9.17, 15) is 4.79 Å². The largest absolute Gasteiger partial charge is 0.493 e. The fourth-order valence-electron chi connectivity index (χ4n) is 2.64. The van der Waals surface area contributed by atoms with Gasteiger partial charge in [0.2, 0.25) is 5.91 Å². The molecule has 3 N–H and O–H groups in total. The smallest absolute Gasteiger partial charge is 0.223 e. The van der Waals surface area contributed by atoms with Crippen molar-refractivity contribution < 1.29 is 9.53 Å². The van der Waals surface area contributed by atoms with Crippen molar-refractivity contribution in [2.24, 2.45) is 11.7 Å². The Bertz CT molecular complexity index is 474. The Morgan fingerprint density at radius 1 is 1.55 bits per heavy atom. The van der Waals surface area contributed by atoms with Gasteiger partial charge in [-0.25, -0.2) is 0 Å². The minimum Gasteiger partial charge on any atom is -0.493 e. The topological polar surface area (TPSA) is 64.3 Å². The highest BCUT2D eigenvalue weighted by molar-refractivity contribution is 5.76. The fraction of sp³-hybridized carbons (Fsp3) is 0.562. The maximum absolute atomic E-state index is 11.0. The second kappa shape index (κ2) is 6.75. The molecule has 0 aliphatic heterocycles. The van der Waals surface area contributed by atoms with Crippen LogP contribution in [0.5, 0.6) is 5.75 Å². The Kier molecular flexibility index (Phi) is 5.01. The number of rotatable bonds is 6. The highest BCUT2D eigenvalue weighted by Gasteiger charge is 2.19. The zero-order valence-corrected chi connectivity index (χ0v) is 12.3. The van der Waals surface area contributed by atoms with Gasteiger partial charge in [-0.15, -0.1) is 0 Å². The molecule has 0 saturated carbocycles. The van der Waals surface area contributed by atoms with E-state index >= 15 is 0 Å². The second-order valence-corrected chi connectivity index (χ2v) is 5.48. The van der Waals surface area contributed by atoms with Crippen molar-refractivity contribution in [2.45, 2.75) is 39.2 Å². The summed E-state index contributed by atoms with van der Waals surface area (Å²) >= 11 is 0. The summed E-state index contributed by atoms with van der Waals surface area (Å²) in [6.07, 6.45) is 3.49. The number of nitrogens with one attached hydrogen (secondary N) is 1. The molecule has 1 aromatic carbocycles. The average Bonchev–Trinajstić information content (AvgIpc) is 2.45. The first-order valence-corrected chi connectivity index (χ1v) is 7.40. The van der Waals surface area contributed by atoms with Crippen LogP contribution < -0.4 is 15.8 Å². The normalized spacial score (nSPS) is 19.2. The van der Waals surface area contributed by atoms with Crippen LogP contribution in [-0.4, -0.2) is 19.1 Å². The predicted octanol–water partition coefficient (Wildman–Crippen LogP) is 2.17. The van der Waals surface area contributed by atoms with Crippen LogP contribution in [0.15, 0.2) is 18.2 Å². The number of nitrogens with two attached hydrogens (primary N) is 1. The van der Waals surface area contributed by atoms with Gasteiger partial charge in [0.25, 0.3) is 0 Å². The van der Waals surface area contributed by atoms with Gasteiger partial charge < -0.3 is 15.8 Å². The summed E-state index contributed by atoms with van der Waals surface area (Å²) in [5, 5.41) is 3.52. The first-order valence-electron chi connectivity index (χ1n) is 7.40. The van der Waals surface area contributed by atoms with E-state index in [0.29, 0.717) is 12.6 Å². The number of ether oxygens (including phenoxy) is 1. The molecular weight excluding hydrogens is 252 g/mol. The lowest BCUT2D eigenvalue weighted by Gasteiger charge is -2.26. The maximum Gasteiger partial charge on any atom is 0.223 e. The second-order valence-electron chi connectivity index (χ2n) is 5.48. The number of carbonyl (C=O) groups is 1. The van der Waals surface area contributed by atoms with Crippen molar-refractivity contribution in [3.05, 3.63) is 29.3 Å². The molecule has 0 bridgehead atoms. The van der Waals surface area contributed by atoms with Gasteiger partial charge in [0.15, 0.2) is 0 Å². The molecule has 4 heteroatoms. The molecule has 2 unspecified atom stereocenters. The third-order valence-corrected chi connectivity index (χ3v) is 3.86. The monoisotopic (exact) mass is 276 g/mol. The highest BCUT2D eigenvalue weighted by Crippen LogP contribution is 2.32. The van der Waals surface area contributed by atoms with E-state index < -0.39 is 0 Å². The number of primary amides is 1. The SMILES string of the molecule is CCNC1CCCc2cc(OCC(C)C(N)=O)ccc21. The van der Waals surface area contributed by atoms with E-state index in [1.54, 1.807) is 6.92 Å². The average molecular weight is 276 g/mol. The van der Waals surface area contributed by atoms with E-state index in [1.165, 1.54) is 24.0 Å². The van der Waals surface area contributed by atoms with Gasteiger partial charge in [-0.2, -0.15) is 0 Å². The Morgan fingerprint density at radius 3 is 3.05 bits per heavy atom. The van der Waals surface area contributed by atoms with Gasteiger partial charge in [0.05, 0.1) is 12.5 Å². The third-order valence-electron chi connectivity index (χ3n) is 3.86. The lowest BCUT2D eigenvalue weighted by molar-refractivity contribution is -0.122. The van der Waals surface area contributed by atoms with Crippen LogP contribution in [0.2, 0.25) is 0 Å². The Balaban J connectivity index is 2.05. The summed E-state index contributed by atoms with van der Waals surface area (Å²) < 4.78 is 5.67. The van der Waals surface area contributed by atoms with Crippen molar-refractivity contribution in [3.8, 4) is 5.75 Å². The molecule has 2 rings (SSSR count). The lowest BCUT2D eigenvalue weighted by atomic mass is 9.87. The lowest BCUT2D eigenvalue weighted by Crippen LogP contribution is -2.26. The molecule has 0 aromatic heterocycles. The quantitative estimate of drug-likeness (QED) is 0.837. The molecule has 1 amide bonds. The summed E-state index contributed by atoms with van der Waals surface area (Å²) in [5.41, 5.74) is 7.97. The molecule has 1 aliphatic rings. The summed E-state index contributed by atoms with van der Waals surface area (Å²) in [7, 11) is 0. The summed E-state index contributed by atoms with van der Waals surface area (Å²) in [6.45, 7) is 5.24. The van der Waals surface area contributed by atoms with Crippen LogP contribution in [0.3, 0.4) is 0 Å². The number of hydrogen-bond donors (Lipinski definition) is 2. The van der Waals surface area contributed by atoms with Crippen molar-refractivity contribution in [1.82, 2.24) is 5.32 Å². The number of amides is 1. The molecule has 0 spiro atoms. The molecule has 1 aliphatic carbocycles. The van der Waals surface area contributed by atoms with Gasteiger partial charge in [-0.3, -0.25) is 4.79 Å². The van der Waals surface area contributed by atoms with E-state index in [0.717, 1.165) is 18.7 Å². The first-order chi connectivity index (χ1) is 9.61. The third kappa shape index (κ3) is 3.51. The van der Waals surface area contributed by atoms with Crippen LogP contribution in [0.25, 0.3) is 0 Å². The van der Waals surface area contributed by atoms with Crippen LogP contribution in [0.1, 0.15) is 43.9 Å². The Morgan fingerprint density at radius 2 is 2.35 bits per heavy atom. The number of benzene rings is 1. The van der Waals surface area contributed by atoms with E-state index in [4.69, 9.17) is 10.5 Å². The highest BCUT2D eigenvalue weighted by atomic mass is 16.5. The van der Waals surface area contributed by atoms with Gasteiger partial charge in [-0.05, 0) is 49.1 Å². The molecule has 0 saturated heterocycles. The minimum absolute atomic E-state index is 0.263. The summed E-state index contributed by atoms with van der Waals surface area (Å²) in [5.74, 6) is 0.240. The molecule has 0 heterocycles. The van der Waals surface area contributed by atoms with Crippen molar-refractivity contribution in [1.29, 1.82) is 0 Å². The van der Waals surface area contributed by atoms with Crippen LogP contribution >= 0.6 is 0 Å². The molecule has 20 heavy (non-hydrogen) atoms. The first kappa shape index (κ1) is 14.9. The van der Waals surface area contributed by atoms with E-state index in [1.807, 2.05) is 6.07 Å². The maximum atomic E-state index is 11.0. The fourth-order valence-corrected chi connectivity index (χ4v) is 2.64. The Labute approximate surface area is 120 Å². The summed E-state index contributed by atoms with van der Waals surface area (Å²) in [6, 6.07) is 6.70. The van der Waals surface area contributed by atoms with E-state index in [2.05, 4.69) is 24.4 Å². The predicted molar refractivity (Wildman–Crippen MR) is 79.7 cm³/mol. The zero-order chi connectivity index (χ0) is 14.5. The van der Waals surface area contributed by atoms with Gasteiger partial charge in [-0.1, -0.05) is 19.9 Å². The molecular formula is C16H24N2O2. The zero-order valence-electron chi connectivity index (χ0n) is 12.3. The molecule has 110 valence electrons. The van der Waals surface area contributed by atoms with E-state index in [-0.39, 0.29) is 11.8 Å². The molecule has 0 fully saturated rings. The van der Waals surface area contributed by atoms with Crippen molar-refractivity contribution >= 4 is 5.91 Å². The molecule has 0 radical (unpaired) electrons. The van der Waals surface area contributed by atoms with Gasteiger partial charge >= 0.3 is 0 Å². The Hall–Kier alpha value is -1.55. The number of carbonyl (C=O) groups excluding carboxylic acids is 1. The van der Waals surface area contributed by atoms with Crippen LogP contribution in [0, 0.1) is 5.92 Å². The molecule has 4 nitrogen and oxygen atoms in total. The number of hydrogen-bond acceptors (Lipinski definition) is 3. The number of fused-ring (bicyclic) bond motifs is 1. The number of aryl methyl sites for hydroxylation is 1. The van der Waals surface area contributed by atoms with Gasteiger partial charge in [0.1, 0.15) is 5.75 Å². The minimum atomic E-state index is -0.324. The van der Waals surface area contributed by atoms with Gasteiger partial charge in [0, 0.05) is 6.04 Å². The molecule has 2 atom stereocenters. The van der Waals surface area contributed by atoms with Crippen molar-refractivity contribution in [3.63, 3.8) is 0 Å². The molecule has 1 aromatic rings.